The van der Waals surface area contributed by atoms with Gasteiger partial charge in [0.15, 0.2) is 0 Å². The first-order valence-corrected chi connectivity index (χ1v) is 6.12. The molecular weight excluding hydrogens is 3760 g/mol. The molecule has 236 valence electrons. The Balaban J connectivity index is -0.00000000624. The Morgan fingerprint density at radius 2 is 0.850 bits per heavy atom. The van der Waals surface area contributed by atoms with Gasteiger partial charge in [-0.05, 0) is 6.92 Å². The summed E-state index contributed by atoms with van der Waals surface area (Å²) in [5.41, 5.74) is 1.10. The van der Waals surface area contributed by atoms with E-state index in [9.17, 15) is 0 Å². The molecule has 0 aromatic heterocycles. The molecule has 0 aromatic rings. The van der Waals surface area contributed by atoms with Gasteiger partial charge in [0, 0.05) is 448 Å². The van der Waals surface area contributed by atoms with Crippen molar-refractivity contribution >= 4 is 11.7 Å². The first-order valence-electron chi connectivity index (χ1n) is 6.12. The van der Waals surface area contributed by atoms with E-state index in [1.165, 1.54) is 0 Å². The van der Waals surface area contributed by atoms with Crippen LogP contribution in [0, 0.1) is 0 Å². The molecule has 25 heteroatoms. The molecule has 2 heterocycles. The predicted octanol–water partition coefficient (Wildman–Crippen LogP) is 2.60. The maximum Gasteiger partial charge on any atom is 0.127 e. The summed E-state index contributed by atoms with van der Waals surface area (Å²) in [6, 6.07) is 0. The van der Waals surface area contributed by atoms with E-state index < -0.39 is 0 Å². The van der Waals surface area contributed by atoms with Crippen LogP contribution in [0.25, 0.3) is 0 Å². The van der Waals surface area contributed by atoms with Crippen molar-refractivity contribution in [2.75, 3.05) is 35.2 Å². The Hall–Kier alpha value is 11.1. The molecule has 0 unspecified atom stereocenters. The van der Waals surface area contributed by atoms with Gasteiger partial charge in [0.2, 0.25) is 0 Å². The van der Waals surface area contributed by atoms with E-state index in [-0.39, 0.29) is 415 Å². The zero-order valence-corrected chi connectivity index (χ0v) is 76.3. The third-order valence-electron chi connectivity index (χ3n) is 3.44. The van der Waals surface area contributed by atoms with Crippen molar-refractivity contribution in [2.45, 2.75) is 28.2 Å². The average Bonchev–Trinajstić information content (AvgIpc) is 2.75. The smallest absolute Gasteiger partial charge is 0.127 e. The fraction of sp³-hybridized carbons (Fsp3) is 0.600. The van der Waals surface area contributed by atoms with Gasteiger partial charge in [-0.2, -0.15) is 5.10 Å². The molecule has 0 N–H and O–H groups in total. The molecule has 2 rings (SSSR count). The molecule has 0 aliphatic carbocycles. The molecule has 0 saturated carbocycles. The van der Waals surface area contributed by atoms with Crippen molar-refractivity contribution in [1.82, 2.24) is 19.9 Å². The molecule has 2 aliphatic rings. The molecule has 0 spiro atoms. The number of hydrazone groups is 1. The quantitative estimate of drug-likeness (QED) is 0.375. The van der Waals surface area contributed by atoms with Crippen molar-refractivity contribution in [3.8, 4) is 0 Å². The molecule has 0 bridgehead atoms. The fourth-order valence-corrected chi connectivity index (χ4v) is 1.77. The molecule has 2 aliphatic heterocycles. The van der Waals surface area contributed by atoms with Crippen molar-refractivity contribution in [2.24, 2.45) is 10.1 Å². The summed E-state index contributed by atoms with van der Waals surface area (Å²) in [4.78, 5) is 6.05. The number of hydrogen-bond acceptors (Lipinski definition) is 5. The van der Waals surface area contributed by atoms with Gasteiger partial charge < -0.3 is 4.90 Å². The minimum absolute atomic E-state index is 0. The van der Waals surface area contributed by atoms with Crippen molar-refractivity contribution in [3.63, 3.8) is 0 Å². The van der Waals surface area contributed by atoms with Gasteiger partial charge in [0.05, 0.1) is 0 Å². The van der Waals surface area contributed by atoms with Gasteiger partial charge in [-0.3, -0.25) is 20.0 Å². The Bertz CT molecular complexity index is 477. The fourth-order valence-electron chi connectivity index (χ4n) is 1.77. The van der Waals surface area contributed by atoms with E-state index in [0.29, 0.717) is 0 Å². The van der Waals surface area contributed by atoms with Crippen LogP contribution in [0.3, 0.4) is 0 Å². The number of rotatable bonds is 0. The zero-order chi connectivity index (χ0) is 14.7. The largest absolute Gasteiger partial charge is 0.317 e. The summed E-state index contributed by atoms with van der Waals surface area (Å²) in [5, 5.41) is 9.89. The minimum Gasteiger partial charge on any atom is -0.317 e. The SMILES string of the molecule is C.C.C=C1CC(=NC)N(C)N1C.C=C1N(C)N=C(C)N1C.[W].[W].[W].[W].[W].[W].[W].[W].[W].[W].[W].[W].[W].[W].[W].[W].[W].[W].[W]. The third-order valence-corrected chi connectivity index (χ3v) is 3.44. The Labute approximate surface area is 518 Å². The summed E-state index contributed by atoms with van der Waals surface area (Å²) >= 11 is 0. The van der Waals surface area contributed by atoms with Gasteiger partial charge >= 0.3 is 0 Å². The number of nitrogens with zero attached hydrogens (tertiary/aromatic N) is 6. The second kappa shape index (κ2) is 83.2. The van der Waals surface area contributed by atoms with Gasteiger partial charge in [-0.1, -0.05) is 28.0 Å². The number of aliphatic imine (C=N–C) groups is 1. The number of amidine groups is 2. The minimum atomic E-state index is 0. The zero-order valence-electron chi connectivity index (χ0n) is 20.6. The van der Waals surface area contributed by atoms with Gasteiger partial charge in [-0.15, -0.1) is 0 Å². The number of hydrogen-bond donors (Lipinski definition) is 0. The summed E-state index contributed by atoms with van der Waals surface area (Å²) in [5.74, 6) is 2.99. The van der Waals surface area contributed by atoms with Gasteiger partial charge in [-0.25, -0.2) is 0 Å². The molecule has 1 saturated heterocycles. The van der Waals surface area contributed by atoms with Crippen LogP contribution in [-0.2, 0) is 400 Å². The van der Waals surface area contributed by atoms with Crippen LogP contribution in [0.15, 0.2) is 34.8 Å². The first-order chi connectivity index (χ1) is 8.79. The van der Waals surface area contributed by atoms with Gasteiger partial charge in [0.25, 0.3) is 0 Å². The Morgan fingerprint density at radius 1 is 0.575 bits per heavy atom. The van der Waals surface area contributed by atoms with E-state index in [0.717, 1.165) is 29.6 Å². The van der Waals surface area contributed by atoms with Crippen LogP contribution in [0.4, 0.5) is 0 Å². The Morgan fingerprint density at radius 3 is 0.925 bits per heavy atom. The van der Waals surface area contributed by atoms with Gasteiger partial charge in [0.1, 0.15) is 17.5 Å². The summed E-state index contributed by atoms with van der Waals surface area (Å²) in [6.07, 6.45) is 0.878. The van der Waals surface area contributed by atoms with Crippen molar-refractivity contribution in [1.29, 1.82) is 0 Å². The molecule has 40 heavy (non-hydrogen) atoms. The molecule has 6 nitrogen and oxygen atoms in total. The normalized spacial score (nSPS) is 10.1. The van der Waals surface area contributed by atoms with Crippen LogP contribution in [-0.4, -0.2) is 66.8 Å². The van der Waals surface area contributed by atoms with Crippen molar-refractivity contribution < 1.29 is 400 Å². The van der Waals surface area contributed by atoms with E-state index in [1.54, 1.807) is 12.1 Å². The van der Waals surface area contributed by atoms with Crippen LogP contribution in [0.2, 0.25) is 0 Å². The monoisotopic (exact) mass is 3790 g/mol. The number of hydrazine groups is 1. The molecule has 0 atom stereocenters. The molecular formula is C15H32N6W19. The van der Waals surface area contributed by atoms with E-state index in [4.69, 9.17) is 0 Å². The predicted molar refractivity (Wildman–Crippen MR) is 93.9 cm³/mol. The maximum absolute atomic E-state index is 4.13. The second-order valence-corrected chi connectivity index (χ2v) is 4.58. The molecule has 0 amide bonds. The van der Waals surface area contributed by atoms with Crippen LogP contribution in [0.5, 0.6) is 0 Å². The third kappa shape index (κ3) is 55.8. The standard InChI is InChI=1S/C7H13N3.C6H11N3.2CH4.19W/c1-6-5-7(8-2)10(4)9(6)3;1-5-7-9(4)6(2)8(5)3;;;;;;;;;;;;;;;;;;;;;/h1,5H2,2-4H3;2H2,1,3-4H3;2*1H4;;;;;;;;;;;;;;;;;;;. The van der Waals surface area contributed by atoms with Crippen LogP contribution < -0.4 is 0 Å². The van der Waals surface area contributed by atoms with E-state index >= 15 is 0 Å². The summed E-state index contributed by atoms with van der Waals surface area (Å²) < 4.78 is 0. The van der Waals surface area contributed by atoms with Crippen LogP contribution in [0.1, 0.15) is 28.2 Å². The van der Waals surface area contributed by atoms with Crippen LogP contribution >= 0.6 is 0 Å². The molecule has 1 fully saturated rings. The van der Waals surface area contributed by atoms with Crippen molar-refractivity contribution in [3.05, 3.63) is 24.7 Å². The van der Waals surface area contributed by atoms with E-state index in [1.807, 2.05) is 50.0 Å². The second-order valence-electron chi connectivity index (χ2n) is 4.58. The first kappa shape index (κ1) is 142. The topological polar surface area (TPSA) is 37.7 Å². The Kier molecular flexibility index (Phi) is 294. The molecule has 0 radical (unpaired) electrons. The summed E-state index contributed by atoms with van der Waals surface area (Å²) in [6.45, 7) is 9.64. The molecule has 0 aromatic carbocycles. The van der Waals surface area contributed by atoms with E-state index in [2.05, 4.69) is 23.3 Å². The average molecular weight is 3790 g/mol. The summed E-state index contributed by atoms with van der Waals surface area (Å²) in [7, 11) is 9.61. The maximum atomic E-state index is 4.13.